The topological polar surface area (TPSA) is 123 Å². The van der Waals surface area contributed by atoms with Crippen LogP contribution in [-0.2, 0) is 24.7 Å². The minimum absolute atomic E-state index is 0.134. The highest BCUT2D eigenvalue weighted by Gasteiger charge is 2.37. The fraction of sp³-hybridized carbons (Fsp3) is 0.342. The summed E-state index contributed by atoms with van der Waals surface area (Å²) < 4.78 is 6.89. The van der Waals surface area contributed by atoms with Gasteiger partial charge in [-0.15, -0.1) is 0 Å². The van der Waals surface area contributed by atoms with Gasteiger partial charge in [0, 0.05) is 53.3 Å². The summed E-state index contributed by atoms with van der Waals surface area (Å²) in [4.78, 5) is 33.4. The molecule has 1 unspecified atom stereocenters. The molecule has 3 aliphatic rings. The van der Waals surface area contributed by atoms with E-state index in [4.69, 9.17) is 32.9 Å². The van der Waals surface area contributed by atoms with Crippen LogP contribution < -0.4 is 26.2 Å². The van der Waals surface area contributed by atoms with Crippen molar-refractivity contribution in [3.8, 4) is 28.3 Å². The van der Waals surface area contributed by atoms with Crippen molar-refractivity contribution >= 4 is 51.4 Å². The minimum Gasteiger partial charge on any atom is -0.481 e. The Morgan fingerprint density at radius 2 is 1.72 bits per heavy atom. The Hall–Kier alpha value is -4.51. The van der Waals surface area contributed by atoms with E-state index in [2.05, 4.69) is 32.1 Å². The van der Waals surface area contributed by atoms with Crippen LogP contribution in [0.1, 0.15) is 48.9 Å². The predicted octanol–water partition coefficient (Wildman–Crippen LogP) is 6.93. The van der Waals surface area contributed by atoms with Gasteiger partial charge < -0.3 is 20.7 Å². The average Bonchev–Trinajstić information content (AvgIpc) is 3.77. The van der Waals surface area contributed by atoms with E-state index in [0.29, 0.717) is 38.2 Å². The molecule has 1 aliphatic carbocycles. The molecule has 0 saturated carbocycles. The number of piperidine rings is 1. The summed E-state index contributed by atoms with van der Waals surface area (Å²) in [7, 11) is 3.26. The van der Waals surface area contributed by atoms with E-state index >= 15 is 0 Å². The van der Waals surface area contributed by atoms with Crippen LogP contribution in [0, 0.1) is 6.92 Å². The molecule has 2 aromatic carbocycles. The summed E-state index contributed by atoms with van der Waals surface area (Å²) in [6.07, 6.45) is 8.77. The highest BCUT2D eigenvalue weighted by molar-refractivity contribution is 6.39. The molecule has 10 nitrogen and oxygen atoms in total. The molecule has 5 heterocycles. The second kappa shape index (κ2) is 14.0. The molecule has 1 amide bonds. The number of hydrogen-bond donors (Lipinski definition) is 3. The third-order valence-electron chi connectivity index (χ3n) is 9.82. The number of aromatic nitrogens is 4. The van der Waals surface area contributed by atoms with Crippen molar-refractivity contribution in [2.45, 2.75) is 57.4 Å². The van der Waals surface area contributed by atoms with Crippen molar-refractivity contribution in [1.29, 1.82) is 0 Å². The van der Waals surface area contributed by atoms with Crippen LogP contribution in [0.25, 0.3) is 33.2 Å². The normalized spacial score (nSPS) is 18.1. The first-order chi connectivity index (χ1) is 24.2. The number of carbonyl (C=O) groups excluding carboxylic acids is 1. The number of anilines is 2. The summed E-state index contributed by atoms with van der Waals surface area (Å²) in [5, 5.41) is 15.9. The second-order valence-electron chi connectivity index (χ2n) is 13.2. The van der Waals surface area contributed by atoms with E-state index in [-0.39, 0.29) is 17.0 Å². The number of pyridine rings is 2. The van der Waals surface area contributed by atoms with E-state index in [1.807, 2.05) is 49.4 Å². The first-order valence-corrected chi connectivity index (χ1v) is 17.7. The van der Waals surface area contributed by atoms with Gasteiger partial charge in [-0.05, 0) is 75.8 Å². The highest BCUT2D eigenvalue weighted by Crippen LogP contribution is 2.43. The number of methoxy groups -OCH3 is 1. The number of nitrogens with one attached hydrogen (secondary N) is 3. The first kappa shape index (κ1) is 34.0. The van der Waals surface area contributed by atoms with Crippen molar-refractivity contribution in [3.05, 3.63) is 91.9 Å². The number of fused-ring (bicyclic) bond motifs is 2. The summed E-state index contributed by atoms with van der Waals surface area (Å²) >= 11 is 14.0. The van der Waals surface area contributed by atoms with Crippen molar-refractivity contribution in [1.82, 2.24) is 30.4 Å². The van der Waals surface area contributed by atoms with Gasteiger partial charge in [-0.3, -0.25) is 9.59 Å². The van der Waals surface area contributed by atoms with Crippen LogP contribution in [-0.4, -0.2) is 51.4 Å². The molecular formula is C38H39Cl2N7O3. The zero-order valence-electron chi connectivity index (χ0n) is 28.3. The molecule has 0 radical (unpaired) electrons. The fourth-order valence-corrected chi connectivity index (χ4v) is 7.90. The quantitative estimate of drug-likeness (QED) is 0.179. The van der Waals surface area contributed by atoms with E-state index in [9.17, 15) is 9.59 Å². The maximum absolute atomic E-state index is 12.9. The lowest BCUT2D eigenvalue weighted by molar-refractivity contribution is -0.124. The Kier molecular flexibility index (Phi) is 9.52. The number of carbonyl (C=O) groups is 1. The molecule has 12 heteroatoms. The molecular weight excluding hydrogens is 673 g/mol. The Morgan fingerprint density at radius 1 is 0.940 bits per heavy atom. The van der Waals surface area contributed by atoms with E-state index in [1.165, 1.54) is 15.8 Å². The Labute approximate surface area is 300 Å². The Morgan fingerprint density at radius 3 is 2.48 bits per heavy atom. The predicted molar refractivity (Wildman–Crippen MR) is 199 cm³/mol. The standard InChI is InChI=1S/C30H25Cl2N5O2.C8H14N2O/c1-16-13-18-15-33-37(2)30(38)25(18)28(34-16)35-23-12-6-10-21(27(23)32)20-9-5-11-22(26(20)31)24-14-17-7-4-8-19(17)29(36-24)39-3;11-7-2-1-3-8(10-7)4-5-9-6-8/h5-6,9-15H,4,7-8H2,1-3H3,(H,34,35);9H,1-6H2,(H,10,11). The van der Waals surface area contributed by atoms with Crippen molar-refractivity contribution in [2.75, 3.05) is 25.5 Å². The smallest absolute Gasteiger partial charge is 0.278 e. The Balaban J connectivity index is 0.000000302. The number of halogens is 2. The third kappa shape index (κ3) is 6.55. The van der Waals surface area contributed by atoms with Crippen molar-refractivity contribution < 1.29 is 9.53 Å². The number of aryl methyl sites for hydroxylation is 3. The summed E-state index contributed by atoms with van der Waals surface area (Å²) in [5.41, 5.74) is 6.76. The minimum atomic E-state index is -0.247. The average molecular weight is 713 g/mol. The lowest BCUT2D eigenvalue weighted by Crippen LogP contribution is -2.52. The number of benzene rings is 2. The molecule has 5 aromatic rings. The van der Waals surface area contributed by atoms with E-state index in [1.54, 1.807) is 20.4 Å². The molecule has 1 spiro atoms. The van der Waals surface area contributed by atoms with Gasteiger partial charge in [0.25, 0.3) is 5.56 Å². The van der Waals surface area contributed by atoms with Crippen LogP contribution in [0.3, 0.4) is 0 Å². The van der Waals surface area contributed by atoms with Gasteiger partial charge in [-0.2, -0.15) is 5.10 Å². The van der Waals surface area contributed by atoms with Gasteiger partial charge in [-0.25, -0.2) is 14.6 Å². The monoisotopic (exact) mass is 711 g/mol. The van der Waals surface area contributed by atoms with Crippen molar-refractivity contribution in [2.24, 2.45) is 7.05 Å². The van der Waals surface area contributed by atoms with Gasteiger partial charge in [0.05, 0.1) is 45.7 Å². The van der Waals surface area contributed by atoms with Gasteiger partial charge in [-0.1, -0.05) is 53.5 Å². The number of ether oxygens (including phenoxy) is 1. The molecule has 0 bridgehead atoms. The zero-order chi connectivity index (χ0) is 35.0. The second-order valence-corrected chi connectivity index (χ2v) is 14.0. The van der Waals surface area contributed by atoms with Gasteiger partial charge in [0.15, 0.2) is 0 Å². The van der Waals surface area contributed by atoms with E-state index in [0.717, 1.165) is 86.1 Å². The molecule has 2 saturated heterocycles. The van der Waals surface area contributed by atoms with E-state index < -0.39 is 0 Å². The summed E-state index contributed by atoms with van der Waals surface area (Å²) in [6.45, 7) is 3.90. The third-order valence-corrected chi connectivity index (χ3v) is 10.6. The molecule has 3 N–H and O–H groups in total. The van der Waals surface area contributed by atoms with Crippen LogP contribution in [0.5, 0.6) is 5.88 Å². The van der Waals surface area contributed by atoms with Gasteiger partial charge in [0.2, 0.25) is 11.8 Å². The molecule has 2 aliphatic heterocycles. The number of rotatable bonds is 5. The fourth-order valence-electron chi connectivity index (χ4n) is 7.30. The zero-order valence-corrected chi connectivity index (χ0v) is 29.8. The molecule has 258 valence electrons. The summed E-state index contributed by atoms with van der Waals surface area (Å²) in [6, 6.07) is 15.4. The lowest BCUT2D eigenvalue weighted by atomic mass is 9.88. The number of amides is 1. The molecule has 50 heavy (non-hydrogen) atoms. The first-order valence-electron chi connectivity index (χ1n) is 16.9. The van der Waals surface area contributed by atoms with Gasteiger partial charge >= 0.3 is 0 Å². The largest absolute Gasteiger partial charge is 0.481 e. The molecule has 1 atom stereocenters. The number of nitrogens with zero attached hydrogens (tertiary/aromatic N) is 4. The van der Waals surface area contributed by atoms with Crippen LogP contribution in [0.15, 0.2) is 59.5 Å². The summed E-state index contributed by atoms with van der Waals surface area (Å²) in [5.74, 6) is 1.31. The van der Waals surface area contributed by atoms with Crippen LogP contribution in [0.4, 0.5) is 11.5 Å². The van der Waals surface area contributed by atoms with Gasteiger partial charge in [0.1, 0.15) is 5.82 Å². The van der Waals surface area contributed by atoms with Crippen LogP contribution in [0.2, 0.25) is 10.0 Å². The maximum Gasteiger partial charge on any atom is 0.278 e. The molecule has 2 fully saturated rings. The number of hydrogen-bond acceptors (Lipinski definition) is 8. The van der Waals surface area contributed by atoms with Crippen molar-refractivity contribution in [3.63, 3.8) is 0 Å². The lowest BCUT2D eigenvalue weighted by Gasteiger charge is -2.33. The maximum atomic E-state index is 12.9. The molecule has 3 aromatic heterocycles. The molecule has 8 rings (SSSR count). The van der Waals surface area contributed by atoms with Crippen LogP contribution >= 0.6 is 23.2 Å². The SMILES string of the molecule is COc1nc(-c2cccc(-c3cccc(Nc4nc(C)cc5cnn(C)c(=O)c45)c3Cl)c2Cl)cc2c1CCC2.O=C1CCCC2(CCNC2)N1. The Bertz CT molecular complexity index is 2180. The highest BCUT2D eigenvalue weighted by atomic mass is 35.5.